The molecule has 2 heterocycles. The smallest absolute Gasteiger partial charge is 0.241 e. The number of anilines is 3. The van der Waals surface area contributed by atoms with E-state index in [1.54, 1.807) is 30.3 Å². The minimum atomic E-state index is 0.506. The van der Waals surface area contributed by atoms with Gasteiger partial charge in [0.15, 0.2) is 0 Å². The lowest BCUT2D eigenvalue weighted by atomic mass is 10.3. The van der Waals surface area contributed by atoms with Crippen molar-refractivity contribution >= 4 is 17.6 Å². The molecule has 0 atom stereocenters. The Bertz CT molecular complexity index is 709. The van der Waals surface area contributed by atoms with Crippen molar-refractivity contribution in [3.63, 3.8) is 0 Å². The van der Waals surface area contributed by atoms with Crippen molar-refractivity contribution in [2.45, 2.75) is 0 Å². The van der Waals surface area contributed by atoms with Crippen molar-refractivity contribution in [1.29, 1.82) is 0 Å². The van der Waals surface area contributed by atoms with Gasteiger partial charge in [0.05, 0.1) is 0 Å². The molecule has 0 aliphatic carbocycles. The van der Waals surface area contributed by atoms with Gasteiger partial charge in [0, 0.05) is 32.2 Å². The third kappa shape index (κ3) is 2.66. The monoisotopic (exact) mass is 281 g/mol. The number of rotatable bonds is 4. The highest BCUT2D eigenvalue weighted by atomic mass is 15.3. The summed E-state index contributed by atoms with van der Waals surface area (Å²) in [5.74, 6) is 1.58. The third-order valence-corrected chi connectivity index (χ3v) is 3.01. The third-order valence-electron chi connectivity index (χ3n) is 3.01. The Kier molecular flexibility index (Phi) is 3.46. The van der Waals surface area contributed by atoms with Gasteiger partial charge < -0.3 is 10.2 Å². The summed E-state index contributed by atoms with van der Waals surface area (Å²) < 4.78 is 1.74. The van der Waals surface area contributed by atoms with Gasteiger partial charge in [-0.25, -0.2) is 4.98 Å². The molecule has 0 unspecified atom stereocenters. The Hall–Kier alpha value is -2.96. The number of aromatic nitrogens is 5. The molecule has 0 radical (unpaired) electrons. The van der Waals surface area contributed by atoms with Gasteiger partial charge in [-0.1, -0.05) is 18.2 Å². The number of imidazole rings is 1. The summed E-state index contributed by atoms with van der Waals surface area (Å²) in [6, 6.07) is 9.92. The number of nitrogens with one attached hydrogen (secondary N) is 1. The van der Waals surface area contributed by atoms with E-state index in [0.717, 1.165) is 5.69 Å². The lowest BCUT2D eigenvalue weighted by Crippen LogP contribution is -2.16. The Labute approximate surface area is 122 Å². The molecule has 0 spiro atoms. The number of hydrogen-bond acceptors (Lipinski definition) is 6. The summed E-state index contributed by atoms with van der Waals surface area (Å²) in [4.78, 5) is 19.1. The molecule has 0 aliphatic rings. The quantitative estimate of drug-likeness (QED) is 0.787. The first kappa shape index (κ1) is 13.0. The SMILES string of the molecule is CNc1nc(N(C)c2ccccc2)nc(-n2ccnc2)n1. The maximum atomic E-state index is 4.49. The van der Waals surface area contributed by atoms with Gasteiger partial charge in [0.1, 0.15) is 6.33 Å². The number of para-hydroxylation sites is 1. The van der Waals surface area contributed by atoms with E-state index in [1.165, 1.54) is 0 Å². The molecule has 0 saturated carbocycles. The molecular formula is C14H15N7. The average Bonchev–Trinajstić information content (AvgIpc) is 3.09. The van der Waals surface area contributed by atoms with Crippen LogP contribution in [0.2, 0.25) is 0 Å². The van der Waals surface area contributed by atoms with E-state index in [2.05, 4.69) is 25.3 Å². The highest BCUT2D eigenvalue weighted by Crippen LogP contribution is 2.20. The number of nitrogens with zero attached hydrogens (tertiary/aromatic N) is 6. The van der Waals surface area contributed by atoms with Crippen LogP contribution in [-0.2, 0) is 0 Å². The van der Waals surface area contributed by atoms with Crippen molar-refractivity contribution in [3.05, 3.63) is 49.1 Å². The highest BCUT2D eigenvalue weighted by molar-refractivity contribution is 5.57. The fraction of sp³-hybridized carbons (Fsp3) is 0.143. The summed E-state index contributed by atoms with van der Waals surface area (Å²) in [7, 11) is 3.70. The van der Waals surface area contributed by atoms with Crippen LogP contribution in [0.5, 0.6) is 0 Å². The predicted molar refractivity (Wildman–Crippen MR) is 81.0 cm³/mol. The second kappa shape index (κ2) is 5.58. The number of benzene rings is 1. The van der Waals surface area contributed by atoms with Gasteiger partial charge in [-0.3, -0.25) is 4.57 Å². The summed E-state index contributed by atoms with van der Waals surface area (Å²) in [5, 5.41) is 2.95. The first-order valence-corrected chi connectivity index (χ1v) is 6.49. The largest absolute Gasteiger partial charge is 0.357 e. The predicted octanol–water partition coefficient (Wildman–Crippen LogP) is 1.87. The topological polar surface area (TPSA) is 71.8 Å². The fourth-order valence-corrected chi connectivity index (χ4v) is 1.88. The lowest BCUT2D eigenvalue weighted by Gasteiger charge is -2.18. The van der Waals surface area contributed by atoms with E-state index in [9.17, 15) is 0 Å². The molecule has 0 aliphatic heterocycles. The molecule has 0 bridgehead atoms. The molecule has 2 aromatic heterocycles. The molecular weight excluding hydrogens is 266 g/mol. The standard InChI is InChI=1S/C14H15N7/c1-15-12-17-13(20(2)11-6-4-3-5-7-11)19-14(18-12)21-9-8-16-10-21/h3-10H,1-2H3,(H,15,17,18,19). The average molecular weight is 281 g/mol. The molecule has 7 heteroatoms. The number of hydrogen-bond donors (Lipinski definition) is 1. The van der Waals surface area contributed by atoms with Crippen molar-refractivity contribution in [2.24, 2.45) is 0 Å². The van der Waals surface area contributed by atoms with Gasteiger partial charge in [-0.05, 0) is 12.1 Å². The summed E-state index contributed by atoms with van der Waals surface area (Å²) in [5.41, 5.74) is 1.00. The summed E-state index contributed by atoms with van der Waals surface area (Å²) in [6.45, 7) is 0. The van der Waals surface area contributed by atoms with Gasteiger partial charge >= 0.3 is 0 Å². The van der Waals surface area contributed by atoms with Crippen molar-refractivity contribution < 1.29 is 0 Å². The maximum Gasteiger partial charge on any atom is 0.241 e. The Morgan fingerprint density at radius 1 is 1.10 bits per heavy atom. The van der Waals surface area contributed by atoms with Crippen LogP contribution in [0.15, 0.2) is 49.1 Å². The minimum Gasteiger partial charge on any atom is -0.357 e. The zero-order chi connectivity index (χ0) is 14.7. The highest BCUT2D eigenvalue weighted by Gasteiger charge is 2.12. The minimum absolute atomic E-state index is 0.506. The van der Waals surface area contributed by atoms with E-state index >= 15 is 0 Å². The molecule has 3 rings (SSSR count). The van der Waals surface area contributed by atoms with E-state index in [0.29, 0.717) is 17.8 Å². The van der Waals surface area contributed by atoms with Crippen LogP contribution in [0.3, 0.4) is 0 Å². The Morgan fingerprint density at radius 2 is 1.90 bits per heavy atom. The molecule has 21 heavy (non-hydrogen) atoms. The molecule has 106 valence electrons. The second-order valence-corrected chi connectivity index (χ2v) is 4.37. The van der Waals surface area contributed by atoms with Crippen LogP contribution in [0.1, 0.15) is 0 Å². The van der Waals surface area contributed by atoms with Gasteiger partial charge in [-0.15, -0.1) is 0 Å². The van der Waals surface area contributed by atoms with Gasteiger partial charge in [-0.2, -0.15) is 15.0 Å². The second-order valence-electron chi connectivity index (χ2n) is 4.37. The van der Waals surface area contributed by atoms with Gasteiger partial charge in [0.25, 0.3) is 0 Å². The molecule has 1 N–H and O–H groups in total. The molecule has 0 fully saturated rings. The van der Waals surface area contributed by atoms with Crippen LogP contribution in [-0.4, -0.2) is 38.6 Å². The van der Waals surface area contributed by atoms with Crippen LogP contribution in [0.25, 0.3) is 5.95 Å². The maximum absolute atomic E-state index is 4.49. The molecule has 1 aromatic carbocycles. The molecule has 0 amide bonds. The van der Waals surface area contributed by atoms with Crippen LogP contribution in [0, 0.1) is 0 Å². The normalized spacial score (nSPS) is 10.4. The Balaban J connectivity index is 2.04. The zero-order valence-corrected chi connectivity index (χ0v) is 11.8. The first-order chi connectivity index (χ1) is 10.3. The van der Waals surface area contributed by atoms with Gasteiger partial charge in [0.2, 0.25) is 17.8 Å². The zero-order valence-electron chi connectivity index (χ0n) is 11.8. The Morgan fingerprint density at radius 3 is 2.57 bits per heavy atom. The summed E-state index contributed by atoms with van der Waals surface area (Å²) >= 11 is 0. The molecule has 7 nitrogen and oxygen atoms in total. The van der Waals surface area contributed by atoms with Crippen molar-refractivity contribution in [1.82, 2.24) is 24.5 Å². The van der Waals surface area contributed by atoms with E-state index in [1.807, 2.05) is 42.3 Å². The fourth-order valence-electron chi connectivity index (χ4n) is 1.88. The van der Waals surface area contributed by atoms with E-state index in [-0.39, 0.29) is 0 Å². The molecule has 3 aromatic rings. The van der Waals surface area contributed by atoms with Crippen LogP contribution in [0.4, 0.5) is 17.6 Å². The summed E-state index contributed by atoms with van der Waals surface area (Å²) in [6.07, 6.45) is 5.13. The van der Waals surface area contributed by atoms with E-state index in [4.69, 9.17) is 0 Å². The molecule has 0 saturated heterocycles. The first-order valence-electron chi connectivity index (χ1n) is 6.49. The van der Waals surface area contributed by atoms with Crippen LogP contribution < -0.4 is 10.2 Å². The van der Waals surface area contributed by atoms with E-state index < -0.39 is 0 Å². The lowest BCUT2D eigenvalue weighted by molar-refractivity contribution is 0.883. The van der Waals surface area contributed by atoms with Crippen molar-refractivity contribution in [3.8, 4) is 5.95 Å². The van der Waals surface area contributed by atoms with Crippen LogP contribution >= 0.6 is 0 Å². The van der Waals surface area contributed by atoms with Crippen molar-refractivity contribution in [2.75, 3.05) is 24.3 Å².